The van der Waals surface area contributed by atoms with Crippen LogP contribution < -0.4 is 5.32 Å². The van der Waals surface area contributed by atoms with Gasteiger partial charge in [0.15, 0.2) is 5.17 Å². The van der Waals surface area contributed by atoms with Crippen LogP contribution in [-0.2, 0) is 4.79 Å². The van der Waals surface area contributed by atoms with Gasteiger partial charge in [-0.3, -0.25) is 9.79 Å². The molecule has 0 aromatic carbocycles. The maximum absolute atomic E-state index is 10.6. The van der Waals surface area contributed by atoms with Gasteiger partial charge in [0.2, 0.25) is 5.91 Å². The van der Waals surface area contributed by atoms with Gasteiger partial charge < -0.3 is 5.32 Å². The number of carbonyl (C=O) groups is 1. The lowest BCUT2D eigenvalue weighted by molar-refractivity contribution is -0.117. The molecule has 62 valence electrons. The molecule has 11 heavy (non-hydrogen) atoms. The van der Waals surface area contributed by atoms with Crippen LogP contribution in [0.25, 0.3) is 0 Å². The van der Waals surface area contributed by atoms with Crippen molar-refractivity contribution < 1.29 is 4.79 Å². The molecule has 4 heteroatoms. The van der Waals surface area contributed by atoms with Crippen LogP contribution in [0, 0.1) is 0 Å². The molecule has 0 bridgehead atoms. The first-order chi connectivity index (χ1) is 5.22. The number of nitrogens with zero attached hydrogens (tertiary/aromatic N) is 1. The average Bonchev–Trinajstić information content (AvgIpc) is 2.34. The van der Waals surface area contributed by atoms with Crippen LogP contribution in [0.3, 0.4) is 0 Å². The third-order valence-corrected chi connectivity index (χ3v) is 2.73. The van der Waals surface area contributed by atoms with Gasteiger partial charge in [-0.2, -0.15) is 0 Å². The fourth-order valence-corrected chi connectivity index (χ4v) is 1.83. The predicted octanol–water partition coefficient (Wildman–Crippen LogP) is 1.00. The molecule has 0 radical (unpaired) electrons. The minimum Gasteiger partial charge on any atom is -0.306 e. The molecule has 0 fully saturated rings. The zero-order valence-electron chi connectivity index (χ0n) is 6.76. The molecule has 0 saturated carbocycles. The number of hydrogen-bond donors (Lipinski definition) is 1. The molecule has 1 amide bonds. The minimum atomic E-state index is -0.0343. The number of aliphatic imine (C=N–C) groups is 1. The molecular formula is C7H12N2OS. The minimum absolute atomic E-state index is 0.0343. The molecule has 0 aromatic rings. The lowest BCUT2D eigenvalue weighted by atomic mass is 10.3. The maximum atomic E-state index is 10.6. The number of rotatable bonds is 1. The van der Waals surface area contributed by atoms with E-state index in [4.69, 9.17) is 0 Å². The number of amides is 1. The smallest absolute Gasteiger partial charge is 0.222 e. The Morgan fingerprint density at radius 1 is 1.91 bits per heavy atom. The average molecular weight is 172 g/mol. The summed E-state index contributed by atoms with van der Waals surface area (Å²) < 4.78 is 0. The first-order valence-corrected chi connectivity index (χ1v) is 4.59. The van der Waals surface area contributed by atoms with Gasteiger partial charge in [0, 0.05) is 12.2 Å². The second-order valence-corrected chi connectivity index (χ2v) is 3.76. The number of hydrogen-bond acceptors (Lipinski definition) is 3. The molecule has 0 saturated heterocycles. The molecule has 0 spiro atoms. The van der Waals surface area contributed by atoms with Gasteiger partial charge in [0.25, 0.3) is 0 Å². The van der Waals surface area contributed by atoms with E-state index >= 15 is 0 Å². The third-order valence-electron chi connectivity index (χ3n) is 1.46. The summed E-state index contributed by atoms with van der Waals surface area (Å²) in [6, 6.07) is 0. The van der Waals surface area contributed by atoms with Crippen molar-refractivity contribution in [1.82, 2.24) is 5.32 Å². The predicted molar refractivity (Wildman–Crippen MR) is 47.8 cm³/mol. The zero-order chi connectivity index (χ0) is 8.27. The van der Waals surface area contributed by atoms with Gasteiger partial charge >= 0.3 is 0 Å². The lowest BCUT2D eigenvalue weighted by Gasteiger charge is -2.02. The number of thioether (sulfide) groups is 1. The number of amidine groups is 1. The second-order valence-electron chi connectivity index (χ2n) is 2.48. The number of carbonyl (C=O) groups excluding carboxylic acids is 1. The quantitative estimate of drug-likeness (QED) is 0.641. The van der Waals surface area contributed by atoms with E-state index < -0.39 is 0 Å². The summed E-state index contributed by atoms with van der Waals surface area (Å²) in [4.78, 5) is 14.8. The van der Waals surface area contributed by atoms with Gasteiger partial charge in [-0.1, -0.05) is 18.7 Å². The Morgan fingerprint density at radius 2 is 2.64 bits per heavy atom. The van der Waals surface area contributed by atoms with Crippen LogP contribution in [0.4, 0.5) is 0 Å². The van der Waals surface area contributed by atoms with Gasteiger partial charge in [-0.25, -0.2) is 0 Å². The van der Waals surface area contributed by atoms with Crippen molar-refractivity contribution >= 4 is 22.8 Å². The molecular weight excluding hydrogens is 160 g/mol. The Hall–Kier alpha value is -0.510. The second kappa shape index (κ2) is 3.76. The van der Waals surface area contributed by atoms with Crippen LogP contribution in [0.1, 0.15) is 20.3 Å². The van der Waals surface area contributed by atoms with Crippen molar-refractivity contribution in [3.63, 3.8) is 0 Å². The molecule has 0 aromatic heterocycles. The van der Waals surface area contributed by atoms with Crippen LogP contribution in [-0.4, -0.2) is 22.9 Å². The largest absolute Gasteiger partial charge is 0.306 e. The standard InChI is InChI=1S/C7H12N2OS/c1-3-6-4-8-7(11-6)9-5(2)10/h6H,3-4H2,1-2H3,(H,8,9,10). The zero-order valence-corrected chi connectivity index (χ0v) is 7.57. The van der Waals surface area contributed by atoms with E-state index in [1.54, 1.807) is 11.8 Å². The summed E-state index contributed by atoms with van der Waals surface area (Å²) in [5.41, 5.74) is 0. The van der Waals surface area contributed by atoms with E-state index in [0.29, 0.717) is 5.25 Å². The molecule has 1 aliphatic heterocycles. The topological polar surface area (TPSA) is 41.5 Å². The molecule has 1 atom stereocenters. The third kappa shape index (κ3) is 2.54. The SMILES string of the molecule is CCC1CN=C(NC(C)=O)S1. The molecule has 0 aliphatic carbocycles. The molecule has 3 nitrogen and oxygen atoms in total. The molecule has 1 unspecified atom stereocenters. The van der Waals surface area contributed by atoms with Crippen molar-refractivity contribution in [1.29, 1.82) is 0 Å². The van der Waals surface area contributed by atoms with Crippen LogP contribution in [0.5, 0.6) is 0 Å². The van der Waals surface area contributed by atoms with Crippen LogP contribution >= 0.6 is 11.8 Å². The van der Waals surface area contributed by atoms with E-state index in [0.717, 1.165) is 18.1 Å². The Bertz CT molecular complexity index is 191. The van der Waals surface area contributed by atoms with Crippen molar-refractivity contribution in [2.24, 2.45) is 4.99 Å². The number of nitrogens with one attached hydrogen (secondary N) is 1. The van der Waals surface area contributed by atoms with Gasteiger partial charge in [-0.15, -0.1) is 0 Å². The lowest BCUT2D eigenvalue weighted by Crippen LogP contribution is -2.24. The van der Waals surface area contributed by atoms with Crippen LogP contribution in [0.15, 0.2) is 4.99 Å². The van der Waals surface area contributed by atoms with E-state index in [-0.39, 0.29) is 5.91 Å². The van der Waals surface area contributed by atoms with Crippen molar-refractivity contribution in [3.05, 3.63) is 0 Å². The van der Waals surface area contributed by atoms with Gasteiger partial charge in [-0.05, 0) is 6.42 Å². The van der Waals surface area contributed by atoms with Crippen molar-refractivity contribution in [3.8, 4) is 0 Å². The molecule has 1 N–H and O–H groups in total. The molecule has 1 rings (SSSR count). The molecule has 1 heterocycles. The fourth-order valence-electron chi connectivity index (χ4n) is 0.849. The van der Waals surface area contributed by atoms with E-state index in [9.17, 15) is 4.79 Å². The molecule has 1 aliphatic rings. The highest BCUT2D eigenvalue weighted by Crippen LogP contribution is 2.21. The normalized spacial score (nSPS) is 23.1. The highest BCUT2D eigenvalue weighted by atomic mass is 32.2. The van der Waals surface area contributed by atoms with E-state index in [2.05, 4.69) is 17.2 Å². The monoisotopic (exact) mass is 172 g/mol. The first-order valence-electron chi connectivity index (χ1n) is 3.71. The summed E-state index contributed by atoms with van der Waals surface area (Å²) >= 11 is 1.66. The van der Waals surface area contributed by atoms with E-state index in [1.807, 2.05) is 0 Å². The fraction of sp³-hybridized carbons (Fsp3) is 0.714. The highest BCUT2D eigenvalue weighted by Gasteiger charge is 2.17. The van der Waals surface area contributed by atoms with Crippen molar-refractivity contribution in [2.45, 2.75) is 25.5 Å². The summed E-state index contributed by atoms with van der Waals surface area (Å²) in [5, 5.41) is 4.03. The highest BCUT2D eigenvalue weighted by molar-refractivity contribution is 8.14. The van der Waals surface area contributed by atoms with Crippen molar-refractivity contribution in [2.75, 3.05) is 6.54 Å². The van der Waals surface area contributed by atoms with Crippen LogP contribution in [0.2, 0.25) is 0 Å². The Balaban J connectivity index is 2.34. The summed E-state index contributed by atoms with van der Waals surface area (Å²) in [7, 11) is 0. The Labute approximate surface area is 70.7 Å². The summed E-state index contributed by atoms with van der Waals surface area (Å²) in [5.74, 6) is -0.0343. The Morgan fingerprint density at radius 3 is 3.09 bits per heavy atom. The summed E-state index contributed by atoms with van der Waals surface area (Å²) in [6.07, 6.45) is 1.11. The summed E-state index contributed by atoms with van der Waals surface area (Å²) in [6.45, 7) is 4.48. The van der Waals surface area contributed by atoms with E-state index in [1.165, 1.54) is 6.92 Å². The maximum Gasteiger partial charge on any atom is 0.222 e. The van der Waals surface area contributed by atoms with Gasteiger partial charge in [0.05, 0.1) is 6.54 Å². The Kier molecular flexibility index (Phi) is 2.93. The first kappa shape index (κ1) is 8.59. The van der Waals surface area contributed by atoms with Gasteiger partial charge in [0.1, 0.15) is 0 Å².